The van der Waals surface area contributed by atoms with Gasteiger partial charge in [-0.1, -0.05) is 6.07 Å². The molecule has 156 valence electrons. The number of alkyl halides is 3. The fourth-order valence-corrected chi connectivity index (χ4v) is 5.05. The van der Waals surface area contributed by atoms with Crippen molar-refractivity contribution in [2.75, 3.05) is 42.6 Å². The minimum Gasteiger partial charge on any atom is -0.371 e. The summed E-state index contributed by atoms with van der Waals surface area (Å²) in [6.45, 7) is 3.30. The molecule has 4 nitrogen and oxygen atoms in total. The molecule has 2 aromatic rings. The molecule has 0 N–H and O–H groups in total. The number of hydrogen-bond donors (Lipinski definition) is 0. The van der Waals surface area contributed by atoms with Crippen LogP contribution in [0.1, 0.15) is 24.8 Å². The summed E-state index contributed by atoms with van der Waals surface area (Å²) in [4.78, 5) is 20.8. The van der Waals surface area contributed by atoms with Gasteiger partial charge in [-0.05, 0) is 37.0 Å². The van der Waals surface area contributed by atoms with Crippen molar-refractivity contribution in [2.45, 2.75) is 25.4 Å². The van der Waals surface area contributed by atoms with Gasteiger partial charge in [0.2, 0.25) is 5.91 Å². The van der Waals surface area contributed by atoms with E-state index in [0.717, 1.165) is 73.7 Å². The van der Waals surface area contributed by atoms with Gasteiger partial charge in [0.25, 0.3) is 0 Å². The minimum atomic E-state index is -4.37. The summed E-state index contributed by atoms with van der Waals surface area (Å²) < 4.78 is 38.9. The number of piperidine rings is 1. The van der Waals surface area contributed by atoms with Gasteiger partial charge in [0, 0.05) is 61.4 Å². The van der Waals surface area contributed by atoms with Crippen LogP contribution in [0.2, 0.25) is 0 Å². The maximum Gasteiger partial charge on any atom is 0.416 e. The highest BCUT2D eigenvalue weighted by atomic mass is 32.2. The molecule has 0 atom stereocenters. The molecule has 0 saturated carbocycles. The molecular weight excluding hydrogens is 399 g/mol. The van der Waals surface area contributed by atoms with Crippen molar-refractivity contribution in [2.24, 2.45) is 5.92 Å². The number of hydrogen-bond acceptors (Lipinski definition) is 4. The van der Waals surface area contributed by atoms with Crippen LogP contribution in [-0.2, 0) is 11.0 Å². The van der Waals surface area contributed by atoms with Crippen LogP contribution in [-0.4, -0.2) is 53.5 Å². The van der Waals surface area contributed by atoms with Gasteiger partial charge < -0.3 is 9.80 Å². The summed E-state index contributed by atoms with van der Waals surface area (Å²) in [6.07, 6.45) is -0.367. The predicted molar refractivity (Wildman–Crippen MR) is 110 cm³/mol. The topological polar surface area (TPSA) is 36.4 Å². The van der Waals surface area contributed by atoms with Gasteiger partial charge in [0.05, 0.1) is 11.1 Å². The molecule has 4 rings (SSSR count). The van der Waals surface area contributed by atoms with Crippen LogP contribution in [0.25, 0.3) is 10.9 Å². The number of rotatable bonds is 3. The van der Waals surface area contributed by atoms with Crippen LogP contribution in [0.15, 0.2) is 30.5 Å². The van der Waals surface area contributed by atoms with Crippen LogP contribution in [0.3, 0.4) is 0 Å². The maximum atomic E-state index is 13.0. The molecule has 8 heteroatoms. The van der Waals surface area contributed by atoms with Crippen molar-refractivity contribution in [1.82, 2.24) is 9.88 Å². The monoisotopic (exact) mass is 423 g/mol. The summed E-state index contributed by atoms with van der Waals surface area (Å²) in [6, 6.07) is 5.62. The SMILES string of the molecule is O=C(CC1CCN(c2ccnc3cc(C(F)(F)F)ccc23)CC1)N1CCSCC1. The number of carbonyl (C=O) groups is 1. The first-order valence-corrected chi connectivity index (χ1v) is 11.1. The van der Waals surface area contributed by atoms with Gasteiger partial charge in [0.15, 0.2) is 0 Å². The Balaban J connectivity index is 1.42. The number of amides is 1. The Hall–Kier alpha value is -1.96. The average molecular weight is 424 g/mol. The first-order chi connectivity index (χ1) is 13.9. The van der Waals surface area contributed by atoms with Crippen LogP contribution in [0.5, 0.6) is 0 Å². The van der Waals surface area contributed by atoms with E-state index in [1.54, 1.807) is 6.20 Å². The second-order valence-electron chi connectivity index (χ2n) is 7.69. The normalized spacial score (nSPS) is 19.0. The average Bonchev–Trinajstić information content (AvgIpc) is 2.73. The third-order valence-electron chi connectivity index (χ3n) is 5.83. The third kappa shape index (κ3) is 4.63. The Morgan fingerprint density at radius 1 is 1.10 bits per heavy atom. The number of carbonyl (C=O) groups excluding carboxylic acids is 1. The molecule has 2 aliphatic rings. The quantitative estimate of drug-likeness (QED) is 0.732. The van der Waals surface area contributed by atoms with Gasteiger partial charge >= 0.3 is 6.18 Å². The number of thioether (sulfide) groups is 1. The van der Waals surface area contributed by atoms with E-state index < -0.39 is 11.7 Å². The summed E-state index contributed by atoms with van der Waals surface area (Å²) in [5.41, 5.74) is 0.599. The van der Waals surface area contributed by atoms with E-state index in [1.807, 2.05) is 22.7 Å². The van der Waals surface area contributed by atoms with Crippen LogP contribution in [0, 0.1) is 5.92 Å². The summed E-state index contributed by atoms with van der Waals surface area (Å²) in [5.74, 6) is 2.68. The molecule has 29 heavy (non-hydrogen) atoms. The van der Waals surface area contributed by atoms with E-state index in [0.29, 0.717) is 17.9 Å². The van der Waals surface area contributed by atoms with Crippen molar-refractivity contribution in [1.29, 1.82) is 0 Å². The largest absolute Gasteiger partial charge is 0.416 e. The van der Waals surface area contributed by atoms with E-state index in [-0.39, 0.29) is 5.91 Å². The number of nitrogens with zero attached hydrogens (tertiary/aromatic N) is 3. The van der Waals surface area contributed by atoms with Crippen molar-refractivity contribution < 1.29 is 18.0 Å². The molecule has 2 aliphatic heterocycles. The van der Waals surface area contributed by atoms with Crippen LogP contribution >= 0.6 is 11.8 Å². The number of pyridine rings is 1. The van der Waals surface area contributed by atoms with Gasteiger partial charge in [-0.2, -0.15) is 24.9 Å². The number of fused-ring (bicyclic) bond motifs is 1. The lowest BCUT2D eigenvalue weighted by molar-refractivity contribution is -0.137. The molecule has 2 saturated heterocycles. The second-order valence-corrected chi connectivity index (χ2v) is 8.91. The zero-order valence-corrected chi connectivity index (χ0v) is 16.9. The number of anilines is 1. The standard InChI is InChI=1S/C21H24F3N3OS/c22-21(23,24)16-1-2-17-18(14-16)25-6-3-19(17)26-7-4-15(5-8-26)13-20(28)27-9-11-29-12-10-27/h1-3,6,14-15H,4-5,7-13H2. The highest BCUT2D eigenvalue weighted by Crippen LogP contribution is 2.35. The van der Waals surface area contributed by atoms with Gasteiger partial charge in [-0.25, -0.2) is 0 Å². The molecule has 2 fully saturated rings. The molecule has 0 spiro atoms. The molecule has 0 radical (unpaired) electrons. The van der Waals surface area contributed by atoms with E-state index in [1.165, 1.54) is 6.07 Å². The smallest absolute Gasteiger partial charge is 0.371 e. The first kappa shape index (κ1) is 20.3. The molecule has 0 unspecified atom stereocenters. The lowest BCUT2D eigenvalue weighted by Gasteiger charge is -2.35. The third-order valence-corrected chi connectivity index (χ3v) is 6.77. The molecule has 0 bridgehead atoms. The van der Waals surface area contributed by atoms with E-state index >= 15 is 0 Å². The van der Waals surface area contributed by atoms with Crippen LogP contribution < -0.4 is 4.90 Å². The molecule has 3 heterocycles. The number of benzene rings is 1. The van der Waals surface area contributed by atoms with Gasteiger partial charge in [-0.3, -0.25) is 9.78 Å². The highest BCUT2D eigenvalue weighted by molar-refractivity contribution is 7.99. The zero-order valence-electron chi connectivity index (χ0n) is 16.1. The van der Waals surface area contributed by atoms with Crippen LogP contribution in [0.4, 0.5) is 18.9 Å². The number of aromatic nitrogens is 1. The first-order valence-electron chi connectivity index (χ1n) is 9.98. The van der Waals surface area contributed by atoms with Gasteiger partial charge in [0.1, 0.15) is 0 Å². The molecule has 1 amide bonds. The van der Waals surface area contributed by atoms with E-state index in [9.17, 15) is 18.0 Å². The number of halogens is 3. The Morgan fingerprint density at radius 2 is 1.83 bits per heavy atom. The lowest BCUT2D eigenvalue weighted by Crippen LogP contribution is -2.40. The fraction of sp³-hybridized carbons (Fsp3) is 0.524. The maximum absolute atomic E-state index is 13.0. The molecule has 1 aromatic carbocycles. The minimum absolute atomic E-state index is 0.262. The predicted octanol–water partition coefficient (Wildman–Crippen LogP) is 4.44. The van der Waals surface area contributed by atoms with Gasteiger partial charge in [-0.15, -0.1) is 0 Å². The molecule has 0 aliphatic carbocycles. The zero-order chi connectivity index (χ0) is 20.4. The van der Waals surface area contributed by atoms with Crippen molar-refractivity contribution in [3.05, 3.63) is 36.0 Å². The fourth-order valence-electron chi connectivity index (χ4n) is 4.15. The van der Waals surface area contributed by atoms with Crippen molar-refractivity contribution in [3.8, 4) is 0 Å². The van der Waals surface area contributed by atoms with E-state index in [2.05, 4.69) is 9.88 Å². The lowest BCUT2D eigenvalue weighted by atomic mass is 9.92. The molecule has 1 aromatic heterocycles. The van der Waals surface area contributed by atoms with E-state index in [4.69, 9.17) is 0 Å². The summed E-state index contributed by atoms with van der Waals surface area (Å²) in [7, 11) is 0. The summed E-state index contributed by atoms with van der Waals surface area (Å²) >= 11 is 1.89. The second kappa shape index (κ2) is 8.42. The Labute approximate surface area is 172 Å². The Morgan fingerprint density at radius 3 is 2.52 bits per heavy atom. The Kier molecular flexibility index (Phi) is 5.90. The highest BCUT2D eigenvalue weighted by Gasteiger charge is 2.31. The Bertz CT molecular complexity index is 875. The molecular formula is C21H24F3N3OS. The van der Waals surface area contributed by atoms with Crippen molar-refractivity contribution in [3.63, 3.8) is 0 Å². The van der Waals surface area contributed by atoms with Crippen molar-refractivity contribution >= 4 is 34.3 Å². The summed E-state index contributed by atoms with van der Waals surface area (Å²) in [5, 5.41) is 0.737.